The number of hydrogen-bond acceptors (Lipinski definition) is 1. The van der Waals surface area contributed by atoms with E-state index in [0.717, 1.165) is 20.1 Å². The van der Waals surface area contributed by atoms with Crippen LogP contribution in [0.15, 0.2) is 57.5 Å². The van der Waals surface area contributed by atoms with Crippen molar-refractivity contribution in [2.75, 3.05) is 0 Å². The molecule has 2 rings (SSSR count). The van der Waals surface area contributed by atoms with E-state index in [0.29, 0.717) is 0 Å². The Bertz CT molecular complexity index is 604. The van der Waals surface area contributed by atoms with E-state index in [2.05, 4.69) is 55.9 Å². The van der Waals surface area contributed by atoms with Gasteiger partial charge in [0.2, 0.25) is 0 Å². The quantitative estimate of drug-likeness (QED) is 0.614. The van der Waals surface area contributed by atoms with Crippen molar-refractivity contribution in [3.8, 4) is 24.1 Å². The Morgan fingerprint density at radius 3 is 1.37 bits per heavy atom. The normalized spacial score (nSPS) is 8.74. The van der Waals surface area contributed by atoms with Crippen molar-refractivity contribution in [2.45, 2.75) is 0 Å². The van der Waals surface area contributed by atoms with Gasteiger partial charge in [0.1, 0.15) is 12.2 Å². The summed E-state index contributed by atoms with van der Waals surface area (Å²) in [5.74, 6) is 5.73. The zero-order chi connectivity index (χ0) is 13.5. The topological polar surface area (TPSA) is 9.23 Å². The first-order chi connectivity index (χ1) is 9.24. The first-order valence-electron chi connectivity index (χ1n) is 5.43. The smallest absolute Gasteiger partial charge is 0.135 e. The second kappa shape index (κ2) is 7.04. The van der Waals surface area contributed by atoms with Gasteiger partial charge >= 0.3 is 0 Å². The molecule has 2 aromatic rings. The second-order valence-electron chi connectivity index (χ2n) is 3.57. The lowest BCUT2D eigenvalue weighted by Crippen LogP contribution is -1.75. The molecule has 0 aliphatic heterocycles. The van der Waals surface area contributed by atoms with Crippen LogP contribution in [-0.2, 0) is 4.74 Å². The van der Waals surface area contributed by atoms with Crippen LogP contribution in [0.5, 0.6) is 0 Å². The minimum Gasteiger partial charge on any atom is -0.356 e. The summed E-state index contributed by atoms with van der Waals surface area (Å²) < 4.78 is 7.00. The Morgan fingerprint density at radius 2 is 1.00 bits per heavy atom. The van der Waals surface area contributed by atoms with Crippen molar-refractivity contribution in [1.82, 2.24) is 0 Å². The largest absolute Gasteiger partial charge is 0.356 e. The van der Waals surface area contributed by atoms with E-state index in [-0.39, 0.29) is 0 Å². The van der Waals surface area contributed by atoms with E-state index in [4.69, 9.17) is 4.74 Å². The Labute approximate surface area is 129 Å². The number of benzene rings is 2. The molecule has 3 heteroatoms. The van der Waals surface area contributed by atoms with Gasteiger partial charge in [-0.15, -0.1) is 0 Å². The van der Waals surface area contributed by atoms with Crippen LogP contribution in [-0.4, -0.2) is 0 Å². The first kappa shape index (κ1) is 13.7. The average Bonchev–Trinajstić information content (AvgIpc) is 2.43. The van der Waals surface area contributed by atoms with E-state index < -0.39 is 0 Å². The number of halogens is 2. The molecule has 0 aliphatic rings. The summed E-state index contributed by atoms with van der Waals surface area (Å²) >= 11 is 6.73. The lowest BCUT2D eigenvalue weighted by atomic mass is 10.2. The Hall–Kier alpha value is -1.68. The number of ether oxygens (including phenoxy) is 1. The van der Waals surface area contributed by atoms with Crippen LogP contribution >= 0.6 is 31.9 Å². The van der Waals surface area contributed by atoms with Crippen LogP contribution in [0.25, 0.3) is 0 Å². The van der Waals surface area contributed by atoms with Gasteiger partial charge in [-0.25, -0.2) is 0 Å². The summed E-state index contributed by atoms with van der Waals surface area (Å²) in [6, 6.07) is 15.3. The summed E-state index contributed by atoms with van der Waals surface area (Å²) in [4.78, 5) is 0. The average molecular weight is 376 g/mol. The molecule has 0 saturated carbocycles. The van der Waals surface area contributed by atoms with Gasteiger partial charge in [0.15, 0.2) is 0 Å². The fraction of sp³-hybridized carbons (Fsp3) is 0. The van der Waals surface area contributed by atoms with E-state index in [1.807, 2.05) is 48.5 Å². The molecule has 0 radical (unpaired) electrons. The highest BCUT2D eigenvalue weighted by atomic mass is 79.9. The Kier molecular flexibility index (Phi) is 5.10. The minimum atomic E-state index is 0.883. The van der Waals surface area contributed by atoms with Crippen LogP contribution in [0.4, 0.5) is 0 Å². The lowest BCUT2D eigenvalue weighted by molar-refractivity contribution is 0.479. The van der Waals surface area contributed by atoms with Crippen molar-refractivity contribution in [2.24, 2.45) is 0 Å². The fourth-order valence-corrected chi connectivity index (χ4v) is 1.79. The van der Waals surface area contributed by atoms with E-state index in [1.54, 1.807) is 0 Å². The summed E-state index contributed by atoms with van der Waals surface area (Å²) in [6.07, 6.45) is 5.11. The molecule has 0 heterocycles. The molecule has 0 fully saturated rings. The van der Waals surface area contributed by atoms with Crippen LogP contribution in [0.3, 0.4) is 0 Å². The van der Waals surface area contributed by atoms with Gasteiger partial charge in [0.25, 0.3) is 0 Å². The molecule has 0 unspecified atom stereocenters. The van der Waals surface area contributed by atoms with Crippen LogP contribution in [0.2, 0.25) is 0 Å². The lowest BCUT2D eigenvalue weighted by Gasteiger charge is -1.90. The molecule has 0 atom stereocenters. The highest BCUT2D eigenvalue weighted by Gasteiger charge is 1.87. The van der Waals surface area contributed by atoms with Gasteiger partial charge < -0.3 is 4.74 Å². The van der Waals surface area contributed by atoms with Crippen molar-refractivity contribution >= 4 is 31.9 Å². The summed E-state index contributed by atoms with van der Waals surface area (Å²) in [5.41, 5.74) is 1.77. The molecule has 0 amide bonds. The molecule has 92 valence electrons. The van der Waals surface area contributed by atoms with E-state index in [1.165, 1.54) is 0 Å². The molecule has 0 saturated heterocycles. The molecular weight excluding hydrogens is 368 g/mol. The molecular formula is C16H8Br2O. The maximum absolute atomic E-state index is 4.96. The van der Waals surface area contributed by atoms with Crippen molar-refractivity contribution in [3.63, 3.8) is 0 Å². The predicted molar refractivity (Wildman–Crippen MR) is 83.1 cm³/mol. The first-order valence-corrected chi connectivity index (χ1v) is 7.01. The molecule has 0 aliphatic carbocycles. The number of rotatable bonds is 0. The third kappa shape index (κ3) is 4.83. The molecule has 0 bridgehead atoms. The third-order valence-electron chi connectivity index (χ3n) is 2.18. The Balaban J connectivity index is 1.94. The van der Waals surface area contributed by atoms with Crippen LogP contribution in [0.1, 0.15) is 11.1 Å². The van der Waals surface area contributed by atoms with Crippen molar-refractivity contribution in [3.05, 3.63) is 68.6 Å². The third-order valence-corrected chi connectivity index (χ3v) is 3.24. The van der Waals surface area contributed by atoms with Gasteiger partial charge in [0, 0.05) is 20.1 Å². The summed E-state index contributed by atoms with van der Waals surface area (Å²) in [6.45, 7) is 0. The highest BCUT2D eigenvalue weighted by molar-refractivity contribution is 9.10. The molecule has 0 spiro atoms. The summed E-state index contributed by atoms with van der Waals surface area (Å²) in [7, 11) is 0. The van der Waals surface area contributed by atoms with E-state index >= 15 is 0 Å². The van der Waals surface area contributed by atoms with Gasteiger partial charge in [0.05, 0.1) is 0 Å². The monoisotopic (exact) mass is 374 g/mol. The minimum absolute atomic E-state index is 0.883. The molecule has 0 aromatic heterocycles. The van der Waals surface area contributed by atoms with Gasteiger partial charge in [-0.1, -0.05) is 31.9 Å². The molecule has 19 heavy (non-hydrogen) atoms. The molecule has 1 nitrogen and oxygen atoms in total. The zero-order valence-corrected chi connectivity index (χ0v) is 13.0. The van der Waals surface area contributed by atoms with Gasteiger partial charge in [-0.3, -0.25) is 0 Å². The maximum Gasteiger partial charge on any atom is 0.135 e. The van der Waals surface area contributed by atoms with Gasteiger partial charge in [-0.05, 0) is 60.4 Å². The van der Waals surface area contributed by atoms with E-state index in [9.17, 15) is 0 Å². The van der Waals surface area contributed by atoms with Crippen molar-refractivity contribution < 1.29 is 4.74 Å². The molecule has 0 N–H and O–H groups in total. The molecule has 2 aromatic carbocycles. The standard InChI is InChI=1S/C16H8Br2O/c17-15-5-1-13(2-6-15)9-11-19-12-10-14-3-7-16(18)8-4-14/h1-8H. The fourth-order valence-electron chi connectivity index (χ4n) is 1.26. The predicted octanol–water partition coefficient (Wildman–Crippen LogP) is 4.55. The van der Waals surface area contributed by atoms with Crippen molar-refractivity contribution in [1.29, 1.82) is 0 Å². The maximum atomic E-state index is 4.96. The zero-order valence-electron chi connectivity index (χ0n) is 9.78. The SMILES string of the molecule is Brc1ccc(C#COC#Cc2ccc(Br)cc2)cc1. The Morgan fingerprint density at radius 1 is 0.632 bits per heavy atom. The number of hydrogen-bond donors (Lipinski definition) is 0. The highest BCUT2D eigenvalue weighted by Crippen LogP contribution is 2.10. The van der Waals surface area contributed by atoms with Crippen LogP contribution < -0.4 is 0 Å². The van der Waals surface area contributed by atoms with Crippen LogP contribution in [0, 0.1) is 24.1 Å². The van der Waals surface area contributed by atoms with Gasteiger partial charge in [-0.2, -0.15) is 0 Å². The second-order valence-corrected chi connectivity index (χ2v) is 5.40. The summed E-state index contributed by atoms with van der Waals surface area (Å²) in [5, 5.41) is 0.